The zero-order chi connectivity index (χ0) is 9.97. The van der Waals surface area contributed by atoms with Gasteiger partial charge >= 0.3 is 0 Å². The maximum atomic E-state index is 5.87. The Kier molecular flexibility index (Phi) is 2.84. The summed E-state index contributed by atoms with van der Waals surface area (Å²) in [4.78, 5) is 3.97. The van der Waals surface area contributed by atoms with Crippen molar-refractivity contribution in [1.29, 1.82) is 0 Å². The molecule has 2 rings (SSSR count). The maximum absolute atomic E-state index is 5.87. The van der Waals surface area contributed by atoms with Crippen molar-refractivity contribution >= 4 is 27.5 Å². The summed E-state index contributed by atoms with van der Waals surface area (Å²) in [5.74, 6) is 0. The highest BCUT2D eigenvalue weighted by molar-refractivity contribution is 9.10. The van der Waals surface area contributed by atoms with Gasteiger partial charge < -0.3 is 0 Å². The summed E-state index contributed by atoms with van der Waals surface area (Å²) >= 11 is 9.17. The van der Waals surface area contributed by atoms with Crippen LogP contribution >= 0.6 is 27.5 Å². The second-order valence-electron chi connectivity index (χ2n) is 2.82. The Labute approximate surface area is 94.9 Å². The van der Waals surface area contributed by atoms with E-state index in [9.17, 15) is 0 Å². The molecule has 0 aliphatic rings. The van der Waals surface area contributed by atoms with Gasteiger partial charge in [-0.3, -0.25) is 0 Å². The maximum Gasteiger partial charge on any atom is 0.195 e. The first kappa shape index (κ1) is 9.68. The summed E-state index contributed by atoms with van der Waals surface area (Å²) in [5.41, 5.74) is 1.10. The first-order valence-corrected chi connectivity index (χ1v) is 5.20. The van der Waals surface area contributed by atoms with Crippen molar-refractivity contribution < 1.29 is 0 Å². The van der Waals surface area contributed by atoms with Gasteiger partial charge in [0.1, 0.15) is 6.33 Å². The number of aromatic nitrogens is 3. The Morgan fingerprint density at radius 3 is 2.93 bits per heavy atom. The second kappa shape index (κ2) is 4.11. The minimum absolute atomic E-state index is 0.668. The molecule has 0 aliphatic carbocycles. The third-order valence-corrected chi connectivity index (χ3v) is 2.64. The zero-order valence-corrected chi connectivity index (χ0v) is 9.53. The molecular formula is C9H7BrClN3. The van der Waals surface area contributed by atoms with Gasteiger partial charge in [-0.15, -0.1) is 0 Å². The van der Waals surface area contributed by atoms with E-state index in [1.54, 1.807) is 4.68 Å². The van der Waals surface area contributed by atoms with Crippen LogP contribution in [0.2, 0.25) is 5.02 Å². The van der Waals surface area contributed by atoms with Crippen molar-refractivity contribution in [3.05, 3.63) is 45.9 Å². The van der Waals surface area contributed by atoms with E-state index < -0.39 is 0 Å². The van der Waals surface area contributed by atoms with E-state index in [-0.39, 0.29) is 0 Å². The summed E-state index contributed by atoms with van der Waals surface area (Å²) in [6, 6.07) is 7.68. The molecule has 0 saturated carbocycles. The molecule has 0 bridgehead atoms. The van der Waals surface area contributed by atoms with Crippen LogP contribution in [0.1, 0.15) is 5.56 Å². The van der Waals surface area contributed by atoms with Gasteiger partial charge in [-0.25, -0.2) is 9.67 Å². The Hall–Kier alpha value is -0.870. The van der Waals surface area contributed by atoms with Crippen LogP contribution in [0.25, 0.3) is 0 Å². The van der Waals surface area contributed by atoms with Crippen molar-refractivity contribution in [3.8, 4) is 0 Å². The Bertz CT molecular complexity index is 441. The van der Waals surface area contributed by atoms with Crippen LogP contribution in [0.3, 0.4) is 0 Å². The molecular weight excluding hydrogens is 265 g/mol. The molecule has 1 heterocycles. The summed E-state index contributed by atoms with van der Waals surface area (Å²) < 4.78 is 2.48. The molecule has 1 aromatic heterocycles. The Balaban J connectivity index is 2.23. The van der Waals surface area contributed by atoms with Crippen LogP contribution in [-0.4, -0.2) is 14.8 Å². The van der Waals surface area contributed by atoms with Gasteiger partial charge in [-0.2, -0.15) is 5.10 Å². The van der Waals surface area contributed by atoms with Crippen LogP contribution in [0.15, 0.2) is 35.3 Å². The monoisotopic (exact) mass is 271 g/mol. The van der Waals surface area contributed by atoms with Gasteiger partial charge in [0.25, 0.3) is 0 Å². The molecule has 0 radical (unpaired) electrons. The Morgan fingerprint density at radius 2 is 2.29 bits per heavy atom. The lowest BCUT2D eigenvalue weighted by Gasteiger charge is -2.02. The van der Waals surface area contributed by atoms with E-state index in [4.69, 9.17) is 11.6 Å². The van der Waals surface area contributed by atoms with E-state index in [2.05, 4.69) is 26.0 Å². The number of benzene rings is 1. The first-order chi connectivity index (χ1) is 6.75. The number of hydrogen-bond acceptors (Lipinski definition) is 2. The van der Waals surface area contributed by atoms with E-state index in [1.165, 1.54) is 6.33 Å². The molecule has 14 heavy (non-hydrogen) atoms. The normalized spacial score (nSPS) is 10.4. The third kappa shape index (κ3) is 2.13. The lowest BCUT2D eigenvalue weighted by Crippen LogP contribution is -2.01. The molecule has 0 spiro atoms. The van der Waals surface area contributed by atoms with Gasteiger partial charge in [0, 0.05) is 5.02 Å². The summed E-state index contributed by atoms with van der Waals surface area (Å²) in [6.07, 6.45) is 1.51. The van der Waals surface area contributed by atoms with Crippen LogP contribution in [-0.2, 0) is 6.54 Å². The SMILES string of the molecule is Clc1cccc(Cn2ncnc2Br)c1. The molecule has 0 saturated heterocycles. The first-order valence-electron chi connectivity index (χ1n) is 4.03. The fraction of sp³-hybridized carbons (Fsp3) is 0.111. The largest absolute Gasteiger partial charge is 0.236 e. The third-order valence-electron chi connectivity index (χ3n) is 1.79. The summed E-state index contributed by atoms with van der Waals surface area (Å²) in [5, 5.41) is 4.79. The number of halogens is 2. The molecule has 2 aromatic rings. The lowest BCUT2D eigenvalue weighted by atomic mass is 10.2. The fourth-order valence-corrected chi connectivity index (χ4v) is 1.69. The van der Waals surface area contributed by atoms with E-state index in [0.29, 0.717) is 6.54 Å². The van der Waals surface area contributed by atoms with Crippen molar-refractivity contribution in [2.75, 3.05) is 0 Å². The number of hydrogen-bond donors (Lipinski definition) is 0. The molecule has 0 atom stereocenters. The van der Waals surface area contributed by atoms with Crippen molar-refractivity contribution in [1.82, 2.24) is 14.8 Å². The quantitative estimate of drug-likeness (QED) is 0.841. The Morgan fingerprint density at radius 1 is 1.43 bits per heavy atom. The highest BCUT2D eigenvalue weighted by Crippen LogP contribution is 2.13. The van der Waals surface area contributed by atoms with Crippen molar-refractivity contribution in [2.45, 2.75) is 6.54 Å². The molecule has 0 aliphatic heterocycles. The van der Waals surface area contributed by atoms with Crippen LogP contribution in [0.4, 0.5) is 0 Å². The fourth-order valence-electron chi connectivity index (χ4n) is 1.16. The topological polar surface area (TPSA) is 30.7 Å². The van der Waals surface area contributed by atoms with E-state index in [1.807, 2.05) is 24.3 Å². The highest BCUT2D eigenvalue weighted by Gasteiger charge is 2.01. The number of nitrogens with zero attached hydrogens (tertiary/aromatic N) is 3. The van der Waals surface area contributed by atoms with Gasteiger partial charge in [0.15, 0.2) is 4.73 Å². The van der Waals surface area contributed by atoms with E-state index >= 15 is 0 Å². The van der Waals surface area contributed by atoms with Crippen molar-refractivity contribution in [3.63, 3.8) is 0 Å². The predicted molar refractivity (Wildman–Crippen MR) is 58.3 cm³/mol. The second-order valence-corrected chi connectivity index (χ2v) is 3.96. The van der Waals surface area contributed by atoms with Gasteiger partial charge in [0.05, 0.1) is 6.54 Å². The molecule has 1 aromatic carbocycles. The average molecular weight is 273 g/mol. The van der Waals surface area contributed by atoms with Crippen LogP contribution < -0.4 is 0 Å². The molecule has 72 valence electrons. The molecule has 5 heteroatoms. The predicted octanol–water partition coefficient (Wildman–Crippen LogP) is 2.74. The standard InChI is InChI=1S/C9H7BrClN3/c10-9-12-6-13-14(9)5-7-2-1-3-8(11)4-7/h1-4,6H,5H2. The zero-order valence-electron chi connectivity index (χ0n) is 7.19. The van der Waals surface area contributed by atoms with Crippen molar-refractivity contribution in [2.24, 2.45) is 0 Å². The van der Waals surface area contributed by atoms with E-state index in [0.717, 1.165) is 15.3 Å². The number of rotatable bonds is 2. The van der Waals surface area contributed by atoms with Crippen LogP contribution in [0.5, 0.6) is 0 Å². The summed E-state index contributed by atoms with van der Waals surface area (Å²) in [6.45, 7) is 0.668. The van der Waals surface area contributed by atoms with Gasteiger partial charge in [0.2, 0.25) is 0 Å². The summed E-state index contributed by atoms with van der Waals surface area (Å²) in [7, 11) is 0. The minimum atomic E-state index is 0.668. The molecule has 0 fully saturated rings. The minimum Gasteiger partial charge on any atom is -0.236 e. The van der Waals surface area contributed by atoms with Gasteiger partial charge in [-0.1, -0.05) is 23.7 Å². The average Bonchev–Trinajstić information content (AvgIpc) is 2.52. The molecule has 0 N–H and O–H groups in total. The smallest absolute Gasteiger partial charge is 0.195 e. The highest BCUT2D eigenvalue weighted by atomic mass is 79.9. The molecule has 3 nitrogen and oxygen atoms in total. The molecule has 0 unspecified atom stereocenters. The lowest BCUT2D eigenvalue weighted by molar-refractivity contribution is 0.668. The molecule has 0 amide bonds. The van der Waals surface area contributed by atoms with Gasteiger partial charge in [-0.05, 0) is 33.6 Å². The van der Waals surface area contributed by atoms with Crippen LogP contribution in [0, 0.1) is 0 Å².